The molecule has 0 fully saturated rings. The molecule has 0 aliphatic carbocycles. The standard InChI is InChI=1S/C16H22F2.C2H6/c1-7-8-12-13(9(2)3)15(17)11(6)16(18)14(12)10(4)5;1-2/h7,9-10H,1,8H2,2-6H3;1-2H3. The third-order valence-corrected chi connectivity index (χ3v) is 3.28. The van der Waals surface area contributed by atoms with Crippen LogP contribution in [0.4, 0.5) is 8.78 Å². The number of benzene rings is 1. The van der Waals surface area contributed by atoms with Crippen LogP contribution in [0.1, 0.15) is 75.6 Å². The Balaban J connectivity index is 0.00000172. The fourth-order valence-corrected chi connectivity index (χ4v) is 2.48. The summed E-state index contributed by atoms with van der Waals surface area (Å²) in [5.41, 5.74) is 2.18. The van der Waals surface area contributed by atoms with Gasteiger partial charge in [-0.15, -0.1) is 6.58 Å². The fraction of sp³-hybridized carbons (Fsp3) is 0.556. The maximum atomic E-state index is 14.3. The van der Waals surface area contributed by atoms with Crippen LogP contribution in [0.5, 0.6) is 0 Å². The van der Waals surface area contributed by atoms with Crippen molar-refractivity contribution in [3.05, 3.63) is 46.5 Å². The second-order valence-electron chi connectivity index (χ2n) is 5.36. The van der Waals surface area contributed by atoms with E-state index in [-0.39, 0.29) is 17.4 Å². The first-order chi connectivity index (χ1) is 9.32. The molecule has 0 saturated carbocycles. The predicted molar refractivity (Wildman–Crippen MR) is 84.5 cm³/mol. The Morgan fingerprint density at radius 2 is 1.30 bits per heavy atom. The molecule has 0 amide bonds. The van der Waals surface area contributed by atoms with Gasteiger partial charge in [-0.25, -0.2) is 8.78 Å². The van der Waals surface area contributed by atoms with Crippen molar-refractivity contribution in [3.63, 3.8) is 0 Å². The monoisotopic (exact) mass is 282 g/mol. The quantitative estimate of drug-likeness (QED) is 0.570. The molecule has 0 heterocycles. The number of hydrogen-bond donors (Lipinski definition) is 0. The van der Waals surface area contributed by atoms with Crippen molar-refractivity contribution in [1.82, 2.24) is 0 Å². The van der Waals surface area contributed by atoms with E-state index in [0.29, 0.717) is 17.5 Å². The van der Waals surface area contributed by atoms with Gasteiger partial charge in [-0.1, -0.05) is 47.6 Å². The van der Waals surface area contributed by atoms with Gasteiger partial charge in [0.2, 0.25) is 0 Å². The number of hydrogen-bond acceptors (Lipinski definition) is 0. The number of halogens is 2. The highest BCUT2D eigenvalue weighted by Crippen LogP contribution is 2.35. The lowest BCUT2D eigenvalue weighted by molar-refractivity contribution is 0.530. The van der Waals surface area contributed by atoms with Crippen molar-refractivity contribution in [2.24, 2.45) is 0 Å². The minimum Gasteiger partial charge on any atom is -0.206 e. The molecule has 0 bridgehead atoms. The van der Waals surface area contributed by atoms with E-state index in [2.05, 4.69) is 6.58 Å². The lowest BCUT2D eigenvalue weighted by Crippen LogP contribution is -2.11. The van der Waals surface area contributed by atoms with Crippen LogP contribution in [0, 0.1) is 18.6 Å². The highest BCUT2D eigenvalue weighted by Gasteiger charge is 2.24. The van der Waals surface area contributed by atoms with E-state index in [1.165, 1.54) is 6.92 Å². The topological polar surface area (TPSA) is 0 Å². The van der Waals surface area contributed by atoms with E-state index < -0.39 is 11.6 Å². The third-order valence-electron chi connectivity index (χ3n) is 3.28. The molecule has 0 atom stereocenters. The van der Waals surface area contributed by atoms with E-state index in [4.69, 9.17) is 0 Å². The summed E-state index contributed by atoms with van der Waals surface area (Å²) < 4.78 is 28.5. The minimum absolute atomic E-state index is 0.0387. The maximum absolute atomic E-state index is 14.3. The van der Waals surface area contributed by atoms with Crippen molar-refractivity contribution in [3.8, 4) is 0 Å². The summed E-state index contributed by atoms with van der Waals surface area (Å²) in [5, 5.41) is 0. The molecule has 114 valence electrons. The molecule has 0 unspecified atom stereocenters. The molecule has 1 aromatic rings. The molecule has 0 radical (unpaired) electrons. The Kier molecular flexibility index (Phi) is 7.70. The molecule has 2 heteroatoms. The molecule has 1 rings (SSSR count). The van der Waals surface area contributed by atoms with Crippen molar-refractivity contribution in [2.75, 3.05) is 0 Å². The summed E-state index contributed by atoms with van der Waals surface area (Å²) in [5.74, 6) is -0.721. The van der Waals surface area contributed by atoms with Crippen molar-refractivity contribution < 1.29 is 8.78 Å². The van der Waals surface area contributed by atoms with Crippen LogP contribution in [-0.2, 0) is 6.42 Å². The summed E-state index contributed by atoms with van der Waals surface area (Å²) >= 11 is 0. The second kappa shape index (κ2) is 8.18. The van der Waals surface area contributed by atoms with Crippen LogP contribution < -0.4 is 0 Å². The molecule has 0 aliphatic heterocycles. The lowest BCUT2D eigenvalue weighted by atomic mass is 9.84. The number of allylic oxidation sites excluding steroid dienone is 1. The Labute approximate surface area is 122 Å². The van der Waals surface area contributed by atoms with E-state index in [1.807, 2.05) is 41.5 Å². The summed E-state index contributed by atoms with van der Waals surface area (Å²) in [7, 11) is 0. The van der Waals surface area contributed by atoms with Gasteiger partial charge < -0.3 is 0 Å². The number of rotatable bonds is 4. The van der Waals surface area contributed by atoms with Gasteiger partial charge in [-0.05, 0) is 41.9 Å². The smallest absolute Gasteiger partial charge is 0.132 e. The molecule has 0 saturated heterocycles. The Morgan fingerprint density at radius 3 is 1.55 bits per heavy atom. The van der Waals surface area contributed by atoms with Gasteiger partial charge in [-0.2, -0.15) is 0 Å². The summed E-state index contributed by atoms with van der Waals surface area (Å²) in [4.78, 5) is 0. The Bertz CT molecular complexity index is 422. The molecule has 0 N–H and O–H groups in total. The van der Waals surface area contributed by atoms with Crippen molar-refractivity contribution in [1.29, 1.82) is 0 Å². The highest BCUT2D eigenvalue weighted by molar-refractivity contribution is 5.45. The van der Waals surface area contributed by atoms with Gasteiger partial charge in [0.05, 0.1) is 0 Å². The summed E-state index contributed by atoms with van der Waals surface area (Å²) in [6.45, 7) is 17.0. The predicted octanol–water partition coefficient (Wildman–Crippen LogP) is 6.27. The zero-order valence-corrected chi connectivity index (χ0v) is 13.9. The largest absolute Gasteiger partial charge is 0.206 e. The molecule has 0 aliphatic rings. The Hall–Kier alpha value is -1.18. The van der Waals surface area contributed by atoms with Crippen LogP contribution in [0.25, 0.3) is 0 Å². The zero-order valence-electron chi connectivity index (χ0n) is 13.9. The average molecular weight is 282 g/mol. The molecule has 0 spiro atoms. The lowest BCUT2D eigenvalue weighted by Gasteiger charge is -2.22. The maximum Gasteiger partial charge on any atom is 0.132 e. The normalized spacial score (nSPS) is 10.6. The first-order valence-electron chi connectivity index (χ1n) is 7.43. The van der Waals surface area contributed by atoms with Crippen LogP contribution in [-0.4, -0.2) is 0 Å². The van der Waals surface area contributed by atoms with Gasteiger partial charge >= 0.3 is 0 Å². The van der Waals surface area contributed by atoms with Gasteiger partial charge in [0.15, 0.2) is 0 Å². The SMILES string of the molecule is C=CCc1c(C(C)C)c(F)c(C)c(F)c1C(C)C.CC. The molecule has 0 nitrogen and oxygen atoms in total. The molecule has 1 aromatic carbocycles. The van der Waals surface area contributed by atoms with E-state index in [1.54, 1.807) is 6.08 Å². The molecular weight excluding hydrogens is 254 g/mol. The van der Waals surface area contributed by atoms with Gasteiger partial charge in [0, 0.05) is 5.56 Å². The van der Waals surface area contributed by atoms with Gasteiger partial charge in [0.1, 0.15) is 11.6 Å². The van der Waals surface area contributed by atoms with E-state index in [9.17, 15) is 8.78 Å². The molecule has 0 aromatic heterocycles. The summed E-state index contributed by atoms with van der Waals surface area (Å²) in [6, 6.07) is 0. The third kappa shape index (κ3) is 3.68. The average Bonchev–Trinajstić information content (AvgIpc) is 2.38. The molecule has 20 heavy (non-hydrogen) atoms. The Morgan fingerprint density at radius 1 is 0.950 bits per heavy atom. The van der Waals surface area contributed by atoms with Crippen LogP contribution >= 0.6 is 0 Å². The first kappa shape index (κ1) is 18.8. The van der Waals surface area contributed by atoms with E-state index in [0.717, 1.165) is 5.56 Å². The zero-order chi connectivity index (χ0) is 16.0. The van der Waals surface area contributed by atoms with Gasteiger partial charge in [0.25, 0.3) is 0 Å². The molecular formula is C18H28F2. The van der Waals surface area contributed by atoms with Crippen molar-refractivity contribution in [2.45, 2.75) is 66.7 Å². The van der Waals surface area contributed by atoms with E-state index >= 15 is 0 Å². The van der Waals surface area contributed by atoms with Crippen LogP contribution in [0.2, 0.25) is 0 Å². The van der Waals surface area contributed by atoms with Crippen LogP contribution in [0.3, 0.4) is 0 Å². The first-order valence-corrected chi connectivity index (χ1v) is 7.43. The highest BCUT2D eigenvalue weighted by atomic mass is 19.1. The minimum atomic E-state index is -0.399. The second-order valence-corrected chi connectivity index (χ2v) is 5.36. The summed E-state index contributed by atoms with van der Waals surface area (Å²) in [6.07, 6.45) is 2.22. The van der Waals surface area contributed by atoms with Crippen molar-refractivity contribution >= 4 is 0 Å². The fourth-order valence-electron chi connectivity index (χ4n) is 2.48. The van der Waals surface area contributed by atoms with Crippen LogP contribution in [0.15, 0.2) is 12.7 Å². The van der Waals surface area contributed by atoms with Gasteiger partial charge in [-0.3, -0.25) is 0 Å².